The van der Waals surface area contributed by atoms with E-state index in [9.17, 15) is 14.0 Å². The van der Waals surface area contributed by atoms with Gasteiger partial charge in [-0.3, -0.25) is 4.68 Å². The minimum atomic E-state index is -0.692. The first-order valence-electron chi connectivity index (χ1n) is 13.0. The first kappa shape index (κ1) is 25.4. The molecule has 0 bridgehead atoms. The molecule has 1 aliphatic heterocycles. The molecule has 202 valence electrons. The van der Waals surface area contributed by atoms with Crippen molar-refractivity contribution in [1.82, 2.24) is 34.7 Å². The zero-order chi connectivity index (χ0) is 27.6. The van der Waals surface area contributed by atoms with Gasteiger partial charge in [-0.1, -0.05) is 6.07 Å². The maximum Gasteiger partial charge on any atom is 0.149 e. The molecule has 4 aromatic heterocycles. The monoisotopic (exact) mass is 540 g/mol. The van der Waals surface area contributed by atoms with Crippen LogP contribution in [0.4, 0.5) is 26.1 Å². The molecular weight excluding hydrogens is 514 g/mol. The quantitative estimate of drug-likeness (QED) is 0.285. The number of hydrogen-bond acceptors (Lipinski definition) is 8. The molecule has 10 nitrogen and oxygen atoms in total. The number of anilines is 3. The van der Waals surface area contributed by atoms with Crippen molar-refractivity contribution >= 4 is 28.4 Å². The van der Waals surface area contributed by atoms with Crippen LogP contribution in [-0.2, 0) is 0 Å². The zero-order valence-corrected chi connectivity index (χ0v) is 21.7. The molecule has 40 heavy (non-hydrogen) atoms. The highest BCUT2D eigenvalue weighted by Crippen LogP contribution is 2.35. The van der Waals surface area contributed by atoms with Crippen molar-refractivity contribution in [3.05, 3.63) is 72.7 Å². The van der Waals surface area contributed by atoms with E-state index in [1.165, 1.54) is 30.9 Å². The number of aromatic nitrogens is 7. The van der Waals surface area contributed by atoms with Gasteiger partial charge in [-0.05, 0) is 43.9 Å². The van der Waals surface area contributed by atoms with Crippen LogP contribution in [0.25, 0.3) is 22.3 Å². The van der Waals surface area contributed by atoms with E-state index in [4.69, 9.17) is 0 Å². The third kappa shape index (κ3) is 4.70. The van der Waals surface area contributed by atoms with Crippen LogP contribution < -0.4 is 10.2 Å². The number of nitriles is 1. The second-order valence-corrected chi connectivity index (χ2v) is 9.82. The maximum atomic E-state index is 14.2. The first-order valence-corrected chi connectivity index (χ1v) is 13.0. The first-order chi connectivity index (χ1) is 19.5. The maximum absolute atomic E-state index is 14.2. The van der Waals surface area contributed by atoms with Crippen molar-refractivity contribution in [1.29, 1.82) is 5.26 Å². The second-order valence-electron chi connectivity index (χ2n) is 9.82. The second kappa shape index (κ2) is 10.7. The summed E-state index contributed by atoms with van der Waals surface area (Å²) in [7, 11) is 0. The van der Waals surface area contributed by atoms with E-state index in [-0.39, 0.29) is 17.6 Å². The standard InChI is InChI=1S/C28H26F2N10/c1-17-26(38-25-21(29)3-2-4-22(25)30)34-16-36-28(17)39-11-7-18(8-12-39)23(5-9-31)40-14-19(13-37-40)24-20-6-10-32-27(20)35-15-33-24/h2-4,6,10,13-16,18,23H,5,7-8,11-12H2,1H3,(H,32,33,35)(H,34,36,38). The molecule has 0 aliphatic carbocycles. The molecule has 6 rings (SSSR count). The Balaban J connectivity index is 1.18. The molecule has 5 aromatic rings. The number of H-pyrrole nitrogens is 1. The van der Waals surface area contributed by atoms with Crippen molar-refractivity contribution < 1.29 is 8.78 Å². The van der Waals surface area contributed by atoms with E-state index in [0.717, 1.165) is 35.1 Å². The predicted octanol–water partition coefficient (Wildman–Crippen LogP) is 5.31. The number of nitrogens with zero attached hydrogens (tertiary/aromatic N) is 8. The number of rotatable bonds is 7. The minimum absolute atomic E-state index is 0.0859. The molecule has 1 aromatic carbocycles. The smallest absolute Gasteiger partial charge is 0.149 e. The van der Waals surface area contributed by atoms with Crippen molar-refractivity contribution in [2.75, 3.05) is 23.3 Å². The molecule has 0 saturated carbocycles. The van der Waals surface area contributed by atoms with E-state index >= 15 is 0 Å². The summed E-state index contributed by atoms with van der Waals surface area (Å²) in [6, 6.07) is 7.90. The summed E-state index contributed by atoms with van der Waals surface area (Å²) >= 11 is 0. The summed E-state index contributed by atoms with van der Waals surface area (Å²) in [5, 5.41) is 18.0. The molecule has 1 aliphatic rings. The Morgan fingerprint density at radius 2 is 1.88 bits per heavy atom. The van der Waals surface area contributed by atoms with Crippen LogP contribution in [0.15, 0.2) is 55.5 Å². The van der Waals surface area contributed by atoms with Gasteiger partial charge in [0.15, 0.2) is 0 Å². The lowest BCUT2D eigenvalue weighted by Gasteiger charge is -2.36. The van der Waals surface area contributed by atoms with Gasteiger partial charge in [-0.25, -0.2) is 28.7 Å². The SMILES string of the molecule is Cc1c(Nc2c(F)cccc2F)ncnc1N1CCC(C(CC#N)n2cc(-c3ncnc4[nH]ccc34)cn2)CC1. The molecule has 0 radical (unpaired) electrons. The number of halogens is 2. The summed E-state index contributed by atoms with van der Waals surface area (Å²) in [4.78, 5) is 22.7. The summed E-state index contributed by atoms with van der Waals surface area (Å²) in [6.45, 7) is 3.25. The van der Waals surface area contributed by atoms with Gasteiger partial charge in [0.05, 0.1) is 30.4 Å². The Bertz CT molecular complexity index is 1680. The normalized spacial score (nSPS) is 14.8. The van der Waals surface area contributed by atoms with Crippen LogP contribution in [-0.4, -0.2) is 47.8 Å². The number of nitrogens with one attached hydrogen (secondary N) is 2. The third-order valence-electron chi connectivity index (χ3n) is 7.52. The summed E-state index contributed by atoms with van der Waals surface area (Å²) < 4.78 is 30.3. The molecule has 1 atom stereocenters. The summed E-state index contributed by atoms with van der Waals surface area (Å²) in [6.07, 6.45) is 10.5. The van der Waals surface area contributed by atoms with Crippen molar-refractivity contribution in [2.45, 2.75) is 32.2 Å². The van der Waals surface area contributed by atoms with Crippen LogP contribution in [0.5, 0.6) is 0 Å². The Kier molecular flexibility index (Phi) is 6.77. The molecule has 5 heterocycles. The molecule has 0 spiro atoms. The number of benzene rings is 1. The molecule has 1 unspecified atom stereocenters. The molecule has 0 amide bonds. The molecule has 1 fully saturated rings. The van der Waals surface area contributed by atoms with Gasteiger partial charge in [0.25, 0.3) is 0 Å². The highest BCUT2D eigenvalue weighted by atomic mass is 19.1. The number of piperidine rings is 1. The van der Waals surface area contributed by atoms with E-state index < -0.39 is 11.6 Å². The van der Waals surface area contributed by atoms with Gasteiger partial charge in [-0.15, -0.1) is 0 Å². The fourth-order valence-electron chi connectivity index (χ4n) is 5.43. The van der Waals surface area contributed by atoms with Crippen molar-refractivity contribution in [2.24, 2.45) is 5.92 Å². The molecule has 2 N–H and O–H groups in total. The highest BCUT2D eigenvalue weighted by Gasteiger charge is 2.30. The summed E-state index contributed by atoms with van der Waals surface area (Å²) in [5.41, 5.74) is 2.88. The van der Waals surface area contributed by atoms with Gasteiger partial charge in [-0.2, -0.15) is 10.4 Å². The van der Waals surface area contributed by atoms with Crippen molar-refractivity contribution in [3.63, 3.8) is 0 Å². The van der Waals surface area contributed by atoms with E-state index in [2.05, 4.69) is 46.3 Å². The number of fused-ring (bicyclic) bond motifs is 1. The Morgan fingerprint density at radius 3 is 2.65 bits per heavy atom. The number of hydrogen-bond donors (Lipinski definition) is 2. The number of aromatic amines is 1. The van der Waals surface area contributed by atoms with Gasteiger partial charge in [0.1, 0.15) is 47.3 Å². The molecular formula is C28H26F2N10. The lowest BCUT2D eigenvalue weighted by Crippen LogP contribution is -2.37. The van der Waals surface area contributed by atoms with Crippen LogP contribution in [0.1, 0.15) is 30.9 Å². The van der Waals surface area contributed by atoms with E-state index in [0.29, 0.717) is 36.7 Å². The summed E-state index contributed by atoms with van der Waals surface area (Å²) in [5.74, 6) is -0.0894. The molecule has 1 saturated heterocycles. The number of para-hydroxylation sites is 1. The highest BCUT2D eigenvalue weighted by molar-refractivity contribution is 5.90. The van der Waals surface area contributed by atoms with Gasteiger partial charge >= 0.3 is 0 Å². The van der Waals surface area contributed by atoms with Crippen LogP contribution in [0.3, 0.4) is 0 Å². The minimum Gasteiger partial charge on any atom is -0.356 e. The lowest BCUT2D eigenvalue weighted by atomic mass is 9.87. The predicted molar refractivity (Wildman–Crippen MR) is 146 cm³/mol. The average molecular weight is 541 g/mol. The van der Waals surface area contributed by atoms with E-state index in [1.54, 1.807) is 6.20 Å². The van der Waals surface area contributed by atoms with Crippen LogP contribution in [0, 0.1) is 35.8 Å². The van der Waals surface area contributed by atoms with Gasteiger partial charge in [0.2, 0.25) is 0 Å². The van der Waals surface area contributed by atoms with Crippen molar-refractivity contribution in [3.8, 4) is 17.3 Å². The van der Waals surface area contributed by atoms with Gasteiger partial charge in [0, 0.05) is 42.0 Å². The lowest BCUT2D eigenvalue weighted by molar-refractivity contribution is 0.260. The Hall–Kier alpha value is -4.92. The fourth-order valence-corrected chi connectivity index (χ4v) is 5.43. The Morgan fingerprint density at radius 1 is 1.10 bits per heavy atom. The topological polar surface area (TPSA) is 124 Å². The zero-order valence-electron chi connectivity index (χ0n) is 21.7. The van der Waals surface area contributed by atoms with Crippen LogP contribution >= 0.6 is 0 Å². The van der Waals surface area contributed by atoms with E-state index in [1.807, 2.05) is 30.1 Å². The van der Waals surface area contributed by atoms with Gasteiger partial charge < -0.3 is 15.2 Å². The van der Waals surface area contributed by atoms with Crippen LogP contribution in [0.2, 0.25) is 0 Å². The largest absolute Gasteiger partial charge is 0.356 e. The fraction of sp³-hybridized carbons (Fsp3) is 0.286. The molecule has 12 heteroatoms. The third-order valence-corrected chi connectivity index (χ3v) is 7.52. The Labute approximate surface area is 228 Å². The average Bonchev–Trinajstić information content (AvgIpc) is 3.65.